The molecule has 0 aliphatic rings. The van der Waals surface area contributed by atoms with Crippen LogP contribution in [0.4, 0.5) is 4.39 Å². The predicted octanol–water partition coefficient (Wildman–Crippen LogP) is 2.27. The molecule has 92 valence electrons. The number of sulfone groups is 1. The van der Waals surface area contributed by atoms with Gasteiger partial charge in [-0.1, -0.05) is 13.8 Å². The van der Waals surface area contributed by atoms with Crippen LogP contribution in [0.15, 0.2) is 18.2 Å². The number of rotatable bonds is 4. The van der Waals surface area contributed by atoms with Crippen molar-refractivity contribution < 1.29 is 12.8 Å². The Morgan fingerprint density at radius 1 is 1.41 bits per heavy atom. The molecule has 0 aromatic heterocycles. The molecule has 0 aliphatic carbocycles. The molecule has 17 heavy (non-hydrogen) atoms. The van der Waals surface area contributed by atoms with Gasteiger partial charge in [0.15, 0.2) is 9.84 Å². The lowest BCUT2D eigenvalue weighted by Crippen LogP contribution is -2.14. The summed E-state index contributed by atoms with van der Waals surface area (Å²) in [6, 6.07) is 5.60. The smallest absolute Gasteiger partial charge is 0.154 e. The zero-order valence-electron chi connectivity index (χ0n) is 9.77. The molecule has 5 heteroatoms. The third-order valence-electron chi connectivity index (χ3n) is 2.14. The van der Waals surface area contributed by atoms with Gasteiger partial charge in [-0.25, -0.2) is 12.8 Å². The number of nitrogens with zero attached hydrogens (tertiary/aromatic N) is 1. The number of nitriles is 1. The monoisotopic (exact) mass is 255 g/mol. The summed E-state index contributed by atoms with van der Waals surface area (Å²) in [5.74, 6) is -0.922. The molecular formula is C12H14FNO2S. The zero-order valence-corrected chi connectivity index (χ0v) is 10.6. The second kappa shape index (κ2) is 5.28. The number of halogens is 1. The molecule has 1 rings (SSSR count). The van der Waals surface area contributed by atoms with Crippen LogP contribution in [-0.2, 0) is 15.6 Å². The van der Waals surface area contributed by atoms with Gasteiger partial charge in [-0.3, -0.25) is 0 Å². The molecule has 0 atom stereocenters. The lowest BCUT2D eigenvalue weighted by Gasteiger charge is -2.08. The molecule has 0 saturated heterocycles. The highest BCUT2D eigenvalue weighted by Gasteiger charge is 2.17. The first-order valence-corrected chi connectivity index (χ1v) is 7.05. The molecule has 0 spiro atoms. The van der Waals surface area contributed by atoms with E-state index in [9.17, 15) is 12.8 Å². The molecule has 0 aliphatic heterocycles. The van der Waals surface area contributed by atoms with Crippen LogP contribution in [0.25, 0.3) is 0 Å². The third-order valence-corrected chi connectivity index (χ3v) is 4.06. The van der Waals surface area contributed by atoms with Crippen LogP contribution in [0, 0.1) is 23.1 Å². The van der Waals surface area contributed by atoms with E-state index in [0.717, 1.165) is 6.07 Å². The highest BCUT2D eigenvalue weighted by molar-refractivity contribution is 7.90. The Hall–Kier alpha value is -1.41. The van der Waals surface area contributed by atoms with Crippen LogP contribution >= 0.6 is 0 Å². The van der Waals surface area contributed by atoms with Crippen molar-refractivity contribution in [3.8, 4) is 6.07 Å². The Balaban J connectivity index is 2.99. The van der Waals surface area contributed by atoms with Crippen molar-refractivity contribution in [3.63, 3.8) is 0 Å². The first-order chi connectivity index (χ1) is 7.84. The van der Waals surface area contributed by atoms with Gasteiger partial charge < -0.3 is 0 Å². The number of hydrogen-bond acceptors (Lipinski definition) is 3. The minimum atomic E-state index is -3.33. The first kappa shape index (κ1) is 13.7. The molecule has 1 aromatic carbocycles. The fourth-order valence-electron chi connectivity index (χ4n) is 1.56. The van der Waals surface area contributed by atoms with E-state index < -0.39 is 15.7 Å². The second-order valence-electron chi connectivity index (χ2n) is 4.37. The SMILES string of the molecule is CC(C)CS(=O)(=O)Cc1cc(C#N)ccc1F. The van der Waals surface area contributed by atoms with E-state index in [-0.39, 0.29) is 28.6 Å². The molecule has 0 saturated carbocycles. The summed E-state index contributed by atoms with van der Waals surface area (Å²) in [5.41, 5.74) is 0.325. The average molecular weight is 255 g/mol. The van der Waals surface area contributed by atoms with Gasteiger partial charge in [-0.2, -0.15) is 5.26 Å². The molecule has 0 N–H and O–H groups in total. The van der Waals surface area contributed by atoms with Crippen LogP contribution in [0.2, 0.25) is 0 Å². The Labute approximate surface area is 101 Å². The molecule has 0 heterocycles. The quantitative estimate of drug-likeness (QED) is 0.829. The standard InChI is InChI=1S/C12H14FNO2S/c1-9(2)7-17(15,16)8-11-5-10(6-14)3-4-12(11)13/h3-5,9H,7-8H2,1-2H3. The van der Waals surface area contributed by atoms with Crippen molar-refractivity contribution >= 4 is 9.84 Å². The minimum absolute atomic E-state index is 0.00205. The van der Waals surface area contributed by atoms with E-state index in [4.69, 9.17) is 5.26 Å². The lowest BCUT2D eigenvalue weighted by atomic mass is 10.1. The summed E-state index contributed by atoms with van der Waals surface area (Å²) < 4.78 is 36.8. The Morgan fingerprint density at radius 3 is 2.59 bits per heavy atom. The maximum atomic E-state index is 13.4. The van der Waals surface area contributed by atoms with Gasteiger partial charge in [-0.05, 0) is 24.1 Å². The summed E-state index contributed by atoms with van der Waals surface area (Å²) >= 11 is 0. The van der Waals surface area contributed by atoms with Gasteiger partial charge in [0.05, 0.1) is 23.1 Å². The van der Waals surface area contributed by atoms with Crippen LogP contribution in [-0.4, -0.2) is 14.2 Å². The molecule has 0 fully saturated rings. The Bertz CT molecular complexity index is 544. The van der Waals surface area contributed by atoms with Crippen molar-refractivity contribution in [3.05, 3.63) is 35.1 Å². The first-order valence-electron chi connectivity index (χ1n) is 5.23. The molecule has 1 aromatic rings. The van der Waals surface area contributed by atoms with Crippen molar-refractivity contribution in [1.29, 1.82) is 5.26 Å². The molecule has 0 bridgehead atoms. The lowest BCUT2D eigenvalue weighted by molar-refractivity contribution is 0.575. The van der Waals surface area contributed by atoms with Crippen molar-refractivity contribution in [2.24, 2.45) is 5.92 Å². The van der Waals surface area contributed by atoms with Gasteiger partial charge in [0, 0.05) is 5.56 Å². The number of benzene rings is 1. The second-order valence-corrected chi connectivity index (χ2v) is 6.48. The van der Waals surface area contributed by atoms with E-state index in [0.29, 0.717) is 0 Å². The highest BCUT2D eigenvalue weighted by atomic mass is 32.2. The Morgan fingerprint density at radius 2 is 2.06 bits per heavy atom. The predicted molar refractivity (Wildman–Crippen MR) is 63.4 cm³/mol. The summed E-state index contributed by atoms with van der Waals surface area (Å²) in [6.45, 7) is 3.58. The van der Waals surface area contributed by atoms with E-state index in [1.807, 2.05) is 6.07 Å². The van der Waals surface area contributed by atoms with Crippen LogP contribution in [0.5, 0.6) is 0 Å². The van der Waals surface area contributed by atoms with Crippen LogP contribution in [0.3, 0.4) is 0 Å². The summed E-state index contributed by atoms with van der Waals surface area (Å²) in [6.07, 6.45) is 0. The van der Waals surface area contributed by atoms with Crippen molar-refractivity contribution in [1.82, 2.24) is 0 Å². The maximum absolute atomic E-state index is 13.4. The van der Waals surface area contributed by atoms with E-state index >= 15 is 0 Å². The number of hydrogen-bond donors (Lipinski definition) is 0. The maximum Gasteiger partial charge on any atom is 0.154 e. The van der Waals surface area contributed by atoms with Gasteiger partial charge in [-0.15, -0.1) is 0 Å². The van der Waals surface area contributed by atoms with Crippen molar-refractivity contribution in [2.45, 2.75) is 19.6 Å². The fourth-order valence-corrected chi connectivity index (χ4v) is 3.39. The summed E-state index contributed by atoms with van der Waals surface area (Å²) in [7, 11) is -3.33. The molecule has 0 unspecified atom stereocenters. The van der Waals surface area contributed by atoms with Gasteiger partial charge in [0.1, 0.15) is 5.82 Å². The van der Waals surface area contributed by atoms with Gasteiger partial charge >= 0.3 is 0 Å². The molecular weight excluding hydrogens is 241 g/mol. The van der Waals surface area contributed by atoms with Crippen molar-refractivity contribution in [2.75, 3.05) is 5.75 Å². The molecule has 0 radical (unpaired) electrons. The van der Waals surface area contributed by atoms with Gasteiger partial charge in [0.25, 0.3) is 0 Å². The fraction of sp³-hybridized carbons (Fsp3) is 0.417. The normalized spacial score (nSPS) is 11.5. The topological polar surface area (TPSA) is 57.9 Å². The van der Waals surface area contributed by atoms with E-state index in [1.165, 1.54) is 12.1 Å². The van der Waals surface area contributed by atoms with Crippen LogP contribution in [0.1, 0.15) is 25.0 Å². The molecule has 3 nitrogen and oxygen atoms in total. The largest absolute Gasteiger partial charge is 0.228 e. The minimum Gasteiger partial charge on any atom is -0.228 e. The average Bonchev–Trinajstić information content (AvgIpc) is 2.19. The van der Waals surface area contributed by atoms with Crippen LogP contribution < -0.4 is 0 Å². The Kier molecular flexibility index (Phi) is 4.24. The molecule has 0 amide bonds. The van der Waals surface area contributed by atoms with E-state index in [1.54, 1.807) is 13.8 Å². The van der Waals surface area contributed by atoms with Gasteiger partial charge in [0.2, 0.25) is 0 Å². The summed E-state index contributed by atoms with van der Waals surface area (Å²) in [4.78, 5) is 0. The summed E-state index contributed by atoms with van der Waals surface area (Å²) in [5, 5.41) is 8.67. The zero-order chi connectivity index (χ0) is 13.1. The highest BCUT2D eigenvalue weighted by Crippen LogP contribution is 2.15. The third kappa shape index (κ3) is 4.16. The van der Waals surface area contributed by atoms with E-state index in [2.05, 4.69) is 0 Å².